The number of amides is 2. The summed E-state index contributed by atoms with van der Waals surface area (Å²) in [6.07, 6.45) is 1.39. The third kappa shape index (κ3) is 4.03. The zero-order valence-electron chi connectivity index (χ0n) is 15.7. The molecule has 0 radical (unpaired) electrons. The molecule has 0 fully saturated rings. The summed E-state index contributed by atoms with van der Waals surface area (Å²) in [4.78, 5) is 33.1. The van der Waals surface area contributed by atoms with Crippen molar-refractivity contribution in [3.63, 3.8) is 0 Å². The van der Waals surface area contributed by atoms with E-state index in [-0.39, 0.29) is 11.5 Å². The van der Waals surface area contributed by atoms with Gasteiger partial charge in [0.25, 0.3) is 11.8 Å². The summed E-state index contributed by atoms with van der Waals surface area (Å²) in [7, 11) is 0. The number of aryl methyl sites for hydroxylation is 1. The van der Waals surface area contributed by atoms with Crippen LogP contribution in [-0.2, 0) is 0 Å². The van der Waals surface area contributed by atoms with E-state index in [1.54, 1.807) is 55.5 Å². The van der Waals surface area contributed by atoms with Crippen molar-refractivity contribution in [2.75, 3.05) is 5.32 Å². The fraction of sp³-hybridized carbons (Fsp3) is 0.0500. The second-order valence-corrected chi connectivity index (χ2v) is 7.21. The highest BCUT2D eigenvalue weighted by molar-refractivity contribution is 7.17. The number of carbonyl (C=O) groups excluding carboxylic acids is 2. The summed E-state index contributed by atoms with van der Waals surface area (Å²) in [6, 6.07) is 13.5. The third-order valence-corrected chi connectivity index (χ3v) is 5.28. The number of thiazole rings is 1. The molecule has 0 bridgehead atoms. The average molecular weight is 420 g/mol. The van der Waals surface area contributed by atoms with E-state index in [2.05, 4.69) is 25.5 Å². The number of hydrogen-bond acceptors (Lipinski definition) is 7. The van der Waals surface area contributed by atoms with Crippen molar-refractivity contribution in [3.8, 4) is 22.3 Å². The minimum Gasteiger partial charge on any atom is -0.457 e. The molecule has 9 nitrogen and oxygen atoms in total. The minimum absolute atomic E-state index is 0.275. The molecule has 4 N–H and O–H groups in total. The van der Waals surface area contributed by atoms with Gasteiger partial charge in [-0.2, -0.15) is 5.10 Å². The Morgan fingerprint density at radius 2 is 1.90 bits per heavy atom. The molecule has 4 aromatic rings. The van der Waals surface area contributed by atoms with Gasteiger partial charge in [0.05, 0.1) is 11.3 Å². The number of benzene rings is 2. The lowest BCUT2D eigenvalue weighted by Gasteiger charge is -2.10. The molecule has 0 spiro atoms. The number of nitrogens with one attached hydrogen (secondary N) is 2. The first kappa shape index (κ1) is 19.3. The van der Waals surface area contributed by atoms with Crippen LogP contribution in [0, 0.1) is 6.92 Å². The predicted octanol–water partition coefficient (Wildman–Crippen LogP) is 3.38. The highest BCUT2D eigenvalue weighted by atomic mass is 32.1. The van der Waals surface area contributed by atoms with Gasteiger partial charge in [-0.25, -0.2) is 9.97 Å². The van der Waals surface area contributed by atoms with Crippen molar-refractivity contribution >= 4 is 28.8 Å². The van der Waals surface area contributed by atoms with Crippen LogP contribution < -0.4 is 15.8 Å². The summed E-state index contributed by atoms with van der Waals surface area (Å²) in [5.74, 6) is 0.535. The predicted molar refractivity (Wildman–Crippen MR) is 112 cm³/mol. The van der Waals surface area contributed by atoms with Gasteiger partial charge in [-0.3, -0.25) is 14.7 Å². The van der Waals surface area contributed by atoms with Crippen LogP contribution >= 0.6 is 11.3 Å². The number of H-pyrrole nitrogens is 1. The summed E-state index contributed by atoms with van der Waals surface area (Å²) in [6.45, 7) is 1.76. The number of rotatable bonds is 6. The number of hydrogen-bond donors (Lipinski definition) is 3. The zero-order valence-corrected chi connectivity index (χ0v) is 16.6. The Hall–Kier alpha value is -4.05. The standard InChI is InChI=1S/C20H16N6O3S/c1-11-16(30-20(24-11)18-22-10-23-26-18)19(28)25-12-6-8-13(9-7-12)29-15-5-3-2-4-14(15)17(21)27/h2-10H,1H3,(H2,21,27)(H,25,28)(H,22,23,26). The SMILES string of the molecule is Cc1nc(-c2ncn[nH]2)sc1C(=O)Nc1ccc(Oc2ccccc2C(N)=O)cc1. The van der Waals surface area contributed by atoms with E-state index < -0.39 is 5.91 Å². The monoisotopic (exact) mass is 420 g/mol. The fourth-order valence-electron chi connectivity index (χ4n) is 2.70. The largest absolute Gasteiger partial charge is 0.457 e. The molecule has 2 amide bonds. The van der Waals surface area contributed by atoms with Gasteiger partial charge in [-0.15, -0.1) is 11.3 Å². The van der Waals surface area contributed by atoms with Crippen molar-refractivity contribution < 1.29 is 14.3 Å². The topological polar surface area (TPSA) is 136 Å². The Labute approximate surface area is 175 Å². The Bertz CT molecular complexity index is 1200. The molecule has 2 heterocycles. The molecule has 150 valence electrons. The molecule has 0 unspecified atom stereocenters. The number of para-hydroxylation sites is 1. The third-order valence-electron chi connectivity index (χ3n) is 4.11. The van der Waals surface area contributed by atoms with E-state index in [0.717, 1.165) is 0 Å². The lowest BCUT2D eigenvalue weighted by atomic mass is 10.2. The number of carbonyl (C=O) groups is 2. The van der Waals surface area contributed by atoms with Crippen LogP contribution in [0.4, 0.5) is 5.69 Å². The molecule has 0 aliphatic rings. The van der Waals surface area contributed by atoms with E-state index in [1.807, 2.05) is 0 Å². The lowest BCUT2D eigenvalue weighted by Crippen LogP contribution is -2.12. The van der Waals surface area contributed by atoms with Crippen molar-refractivity contribution in [3.05, 3.63) is 71.0 Å². The van der Waals surface area contributed by atoms with E-state index in [4.69, 9.17) is 10.5 Å². The minimum atomic E-state index is -0.570. The molecule has 0 saturated carbocycles. The van der Waals surface area contributed by atoms with Crippen LogP contribution in [0.15, 0.2) is 54.9 Å². The van der Waals surface area contributed by atoms with Crippen molar-refractivity contribution in [2.45, 2.75) is 6.92 Å². The first-order valence-corrected chi connectivity index (χ1v) is 9.64. The maximum Gasteiger partial charge on any atom is 0.267 e. The van der Waals surface area contributed by atoms with Crippen LogP contribution in [0.1, 0.15) is 25.7 Å². The molecule has 0 atom stereocenters. The fourth-order valence-corrected chi connectivity index (χ4v) is 3.61. The zero-order chi connectivity index (χ0) is 21.1. The van der Waals surface area contributed by atoms with Crippen LogP contribution in [0.25, 0.3) is 10.8 Å². The van der Waals surface area contributed by atoms with Gasteiger partial charge in [0.1, 0.15) is 22.7 Å². The second-order valence-electron chi connectivity index (χ2n) is 6.21. The van der Waals surface area contributed by atoms with Crippen molar-refractivity contribution in [1.29, 1.82) is 0 Å². The van der Waals surface area contributed by atoms with Gasteiger partial charge in [0.15, 0.2) is 10.8 Å². The molecular formula is C20H16N6O3S. The molecule has 30 heavy (non-hydrogen) atoms. The van der Waals surface area contributed by atoms with Gasteiger partial charge in [0, 0.05) is 5.69 Å². The average Bonchev–Trinajstić information content (AvgIpc) is 3.39. The molecule has 2 aromatic heterocycles. The van der Waals surface area contributed by atoms with Gasteiger partial charge in [-0.05, 0) is 43.3 Å². The normalized spacial score (nSPS) is 10.6. The first-order valence-electron chi connectivity index (χ1n) is 8.82. The van der Waals surface area contributed by atoms with E-state index in [9.17, 15) is 9.59 Å². The summed E-state index contributed by atoms with van der Waals surface area (Å²) >= 11 is 1.23. The van der Waals surface area contributed by atoms with Crippen LogP contribution in [0.5, 0.6) is 11.5 Å². The Morgan fingerprint density at radius 3 is 2.60 bits per heavy atom. The van der Waals surface area contributed by atoms with E-state index in [0.29, 0.717) is 38.6 Å². The number of aromatic amines is 1. The van der Waals surface area contributed by atoms with Gasteiger partial charge in [0.2, 0.25) is 0 Å². The van der Waals surface area contributed by atoms with E-state index in [1.165, 1.54) is 17.7 Å². The lowest BCUT2D eigenvalue weighted by molar-refractivity contribution is 0.0995. The number of aromatic nitrogens is 4. The van der Waals surface area contributed by atoms with E-state index >= 15 is 0 Å². The molecule has 0 aliphatic heterocycles. The quantitative estimate of drug-likeness (QED) is 0.437. The maximum absolute atomic E-state index is 12.6. The number of primary amides is 1. The maximum atomic E-state index is 12.6. The van der Waals surface area contributed by atoms with Gasteiger partial charge in [-0.1, -0.05) is 12.1 Å². The molecule has 10 heteroatoms. The number of anilines is 1. The van der Waals surface area contributed by atoms with Crippen molar-refractivity contribution in [2.24, 2.45) is 5.73 Å². The highest BCUT2D eigenvalue weighted by Crippen LogP contribution is 2.28. The molecule has 0 aliphatic carbocycles. The highest BCUT2D eigenvalue weighted by Gasteiger charge is 2.18. The summed E-state index contributed by atoms with van der Waals surface area (Å²) in [5.41, 5.74) is 6.85. The van der Waals surface area contributed by atoms with Gasteiger partial charge < -0.3 is 15.8 Å². The van der Waals surface area contributed by atoms with Gasteiger partial charge >= 0.3 is 0 Å². The molecule has 2 aromatic carbocycles. The summed E-state index contributed by atoms with van der Waals surface area (Å²) < 4.78 is 5.74. The molecular weight excluding hydrogens is 404 g/mol. The van der Waals surface area contributed by atoms with Crippen molar-refractivity contribution in [1.82, 2.24) is 20.2 Å². The Kier molecular flexibility index (Phi) is 5.22. The second kappa shape index (κ2) is 8.13. The molecule has 4 rings (SSSR count). The Morgan fingerprint density at radius 1 is 1.13 bits per heavy atom. The number of nitrogens with two attached hydrogens (primary N) is 1. The van der Waals surface area contributed by atoms with Crippen LogP contribution in [-0.4, -0.2) is 32.0 Å². The number of ether oxygens (including phenoxy) is 1. The van der Waals surface area contributed by atoms with Crippen LogP contribution in [0.3, 0.4) is 0 Å². The van der Waals surface area contributed by atoms with Crippen LogP contribution in [0.2, 0.25) is 0 Å². The summed E-state index contributed by atoms with van der Waals surface area (Å²) in [5, 5.41) is 9.95. The smallest absolute Gasteiger partial charge is 0.267 e. The Balaban J connectivity index is 1.47. The molecule has 0 saturated heterocycles. The number of nitrogens with zero attached hydrogens (tertiary/aromatic N) is 3. The first-order chi connectivity index (χ1) is 14.5.